The van der Waals surface area contributed by atoms with Crippen LogP contribution in [0.1, 0.15) is 28.8 Å². The number of thiophene rings is 1. The van der Waals surface area contributed by atoms with Crippen LogP contribution >= 0.6 is 11.3 Å². The zero-order valence-electron chi connectivity index (χ0n) is 13.9. The van der Waals surface area contributed by atoms with Gasteiger partial charge in [-0.15, -0.1) is 0 Å². The summed E-state index contributed by atoms with van der Waals surface area (Å²) in [6.07, 6.45) is 0.00533. The number of urea groups is 1. The number of nitrogens with zero attached hydrogens (tertiary/aromatic N) is 1. The number of benzene rings is 1. The van der Waals surface area contributed by atoms with Crippen LogP contribution in [0, 0.1) is 0 Å². The highest BCUT2D eigenvalue weighted by Gasteiger charge is 2.31. The van der Waals surface area contributed by atoms with Crippen LogP contribution in [0.4, 0.5) is 4.79 Å². The van der Waals surface area contributed by atoms with Crippen molar-refractivity contribution < 1.29 is 9.90 Å². The fraction of sp³-hybridized carbons (Fsp3) is 0.389. The standard InChI is InChI=1S/C18H23N3O2S/c1-21(2)15(13-7-8-24-11-13)10-19-18(23)20-17-14-6-4-3-5-12(14)9-16(17)22/h3-8,11,15-17,22H,9-10H2,1-2H3,(H2,19,20,23)/t15-,16-,17+/m0/s1. The molecule has 1 aliphatic rings. The highest BCUT2D eigenvalue weighted by molar-refractivity contribution is 7.07. The predicted octanol–water partition coefficient (Wildman–Crippen LogP) is 2.31. The summed E-state index contributed by atoms with van der Waals surface area (Å²) in [7, 11) is 4.00. The van der Waals surface area contributed by atoms with Gasteiger partial charge in [0.2, 0.25) is 0 Å². The van der Waals surface area contributed by atoms with E-state index in [1.165, 1.54) is 5.56 Å². The van der Waals surface area contributed by atoms with E-state index in [-0.39, 0.29) is 18.1 Å². The van der Waals surface area contributed by atoms with E-state index in [0.717, 1.165) is 11.1 Å². The molecule has 1 aromatic heterocycles. The van der Waals surface area contributed by atoms with E-state index in [4.69, 9.17) is 0 Å². The Morgan fingerprint density at radius 3 is 2.88 bits per heavy atom. The van der Waals surface area contributed by atoms with Crippen molar-refractivity contribution in [1.29, 1.82) is 0 Å². The molecule has 3 atom stereocenters. The lowest BCUT2D eigenvalue weighted by Crippen LogP contribution is -2.43. The second kappa shape index (κ2) is 7.34. The third-order valence-electron chi connectivity index (χ3n) is 4.50. The first kappa shape index (κ1) is 17.0. The van der Waals surface area contributed by atoms with Crippen LogP contribution in [-0.2, 0) is 6.42 Å². The fourth-order valence-corrected chi connectivity index (χ4v) is 3.90. The summed E-state index contributed by atoms with van der Waals surface area (Å²) in [4.78, 5) is 14.4. The van der Waals surface area contributed by atoms with Crippen molar-refractivity contribution >= 4 is 17.4 Å². The summed E-state index contributed by atoms with van der Waals surface area (Å²) < 4.78 is 0. The van der Waals surface area contributed by atoms with Crippen LogP contribution < -0.4 is 10.6 Å². The smallest absolute Gasteiger partial charge is 0.315 e. The van der Waals surface area contributed by atoms with Crippen molar-refractivity contribution in [2.24, 2.45) is 0 Å². The molecule has 0 aliphatic heterocycles. The van der Waals surface area contributed by atoms with Crippen LogP contribution in [0.15, 0.2) is 41.1 Å². The van der Waals surface area contributed by atoms with E-state index in [0.29, 0.717) is 13.0 Å². The van der Waals surface area contributed by atoms with E-state index < -0.39 is 6.10 Å². The molecule has 0 saturated carbocycles. The Morgan fingerprint density at radius 2 is 2.17 bits per heavy atom. The van der Waals surface area contributed by atoms with Gasteiger partial charge in [-0.05, 0) is 47.6 Å². The molecule has 5 nitrogen and oxygen atoms in total. The minimum Gasteiger partial charge on any atom is -0.390 e. The summed E-state index contributed by atoms with van der Waals surface area (Å²) in [5.41, 5.74) is 3.29. The highest BCUT2D eigenvalue weighted by atomic mass is 32.1. The molecule has 2 amide bonds. The summed E-state index contributed by atoms with van der Waals surface area (Å²) in [6.45, 7) is 0.514. The summed E-state index contributed by atoms with van der Waals surface area (Å²) in [5.74, 6) is 0. The van der Waals surface area contributed by atoms with Crippen molar-refractivity contribution in [1.82, 2.24) is 15.5 Å². The van der Waals surface area contributed by atoms with E-state index in [1.807, 2.05) is 43.7 Å². The van der Waals surface area contributed by atoms with Gasteiger partial charge in [0.1, 0.15) is 0 Å². The SMILES string of the molecule is CN(C)[C@@H](CNC(=O)N[C@@H]1c2ccccc2C[C@@H]1O)c1ccsc1. The van der Waals surface area contributed by atoms with Crippen molar-refractivity contribution in [3.05, 3.63) is 57.8 Å². The lowest BCUT2D eigenvalue weighted by Gasteiger charge is -2.25. The number of hydrogen-bond donors (Lipinski definition) is 3. The molecule has 6 heteroatoms. The highest BCUT2D eigenvalue weighted by Crippen LogP contribution is 2.31. The van der Waals surface area contributed by atoms with Gasteiger partial charge < -0.3 is 20.6 Å². The number of aliphatic hydroxyl groups is 1. The van der Waals surface area contributed by atoms with Crippen molar-refractivity contribution in [2.45, 2.75) is 24.6 Å². The Kier molecular flexibility index (Phi) is 5.18. The van der Waals surface area contributed by atoms with Gasteiger partial charge in [0.05, 0.1) is 18.2 Å². The van der Waals surface area contributed by atoms with Crippen LogP contribution in [-0.4, -0.2) is 42.8 Å². The molecule has 1 aliphatic carbocycles. The number of carbonyl (C=O) groups is 1. The molecule has 0 radical (unpaired) electrons. The number of aliphatic hydroxyl groups excluding tert-OH is 1. The van der Waals surface area contributed by atoms with E-state index in [2.05, 4.69) is 27.0 Å². The number of rotatable bonds is 5. The number of fused-ring (bicyclic) bond motifs is 1. The first-order valence-electron chi connectivity index (χ1n) is 8.05. The number of amides is 2. The van der Waals surface area contributed by atoms with Gasteiger partial charge in [-0.1, -0.05) is 24.3 Å². The van der Waals surface area contributed by atoms with Crippen LogP contribution in [0.25, 0.3) is 0 Å². The number of likely N-dealkylation sites (N-methyl/N-ethyl adjacent to an activating group) is 1. The van der Waals surface area contributed by atoms with Gasteiger partial charge in [0.15, 0.2) is 0 Å². The molecule has 1 heterocycles. The normalized spacial score (nSPS) is 20.7. The Balaban J connectivity index is 1.60. The zero-order valence-corrected chi connectivity index (χ0v) is 14.7. The largest absolute Gasteiger partial charge is 0.390 e. The Labute approximate surface area is 146 Å². The maximum atomic E-state index is 12.3. The molecule has 3 rings (SSSR count). The molecule has 128 valence electrons. The molecule has 3 N–H and O–H groups in total. The quantitative estimate of drug-likeness (QED) is 0.779. The summed E-state index contributed by atoms with van der Waals surface area (Å²) in [6, 6.07) is 9.45. The average Bonchev–Trinajstić information content (AvgIpc) is 3.16. The second-order valence-corrected chi connectivity index (χ2v) is 7.12. The molecular formula is C18H23N3O2S. The molecule has 2 aromatic rings. The van der Waals surface area contributed by atoms with Crippen LogP contribution in [0.2, 0.25) is 0 Å². The monoisotopic (exact) mass is 345 g/mol. The third-order valence-corrected chi connectivity index (χ3v) is 5.20. The van der Waals surface area contributed by atoms with Crippen LogP contribution in [0.3, 0.4) is 0 Å². The molecule has 0 unspecified atom stereocenters. The van der Waals surface area contributed by atoms with Gasteiger partial charge in [0, 0.05) is 13.0 Å². The summed E-state index contributed by atoms with van der Waals surface area (Å²) in [5, 5.41) is 20.2. The molecule has 1 aromatic carbocycles. The molecule has 24 heavy (non-hydrogen) atoms. The van der Waals surface area contributed by atoms with Crippen molar-refractivity contribution in [2.75, 3.05) is 20.6 Å². The Hall–Kier alpha value is -1.89. The van der Waals surface area contributed by atoms with E-state index in [1.54, 1.807) is 11.3 Å². The van der Waals surface area contributed by atoms with Crippen LogP contribution in [0.5, 0.6) is 0 Å². The lowest BCUT2D eigenvalue weighted by atomic mass is 10.1. The first-order valence-corrected chi connectivity index (χ1v) is 8.99. The van der Waals surface area contributed by atoms with Crippen molar-refractivity contribution in [3.8, 4) is 0 Å². The number of hydrogen-bond acceptors (Lipinski definition) is 4. The fourth-order valence-electron chi connectivity index (χ4n) is 3.19. The number of nitrogens with one attached hydrogen (secondary N) is 2. The number of carbonyl (C=O) groups excluding carboxylic acids is 1. The first-order chi connectivity index (χ1) is 11.6. The molecule has 0 bridgehead atoms. The molecule has 0 saturated heterocycles. The topological polar surface area (TPSA) is 64.6 Å². The zero-order chi connectivity index (χ0) is 17.1. The third kappa shape index (κ3) is 3.61. The molecule has 0 spiro atoms. The predicted molar refractivity (Wildman–Crippen MR) is 96.2 cm³/mol. The second-order valence-electron chi connectivity index (χ2n) is 6.34. The van der Waals surface area contributed by atoms with Gasteiger partial charge in [0.25, 0.3) is 0 Å². The van der Waals surface area contributed by atoms with E-state index in [9.17, 15) is 9.90 Å². The average molecular weight is 345 g/mol. The van der Waals surface area contributed by atoms with Gasteiger partial charge >= 0.3 is 6.03 Å². The van der Waals surface area contributed by atoms with E-state index >= 15 is 0 Å². The Bertz CT molecular complexity index is 687. The molecular weight excluding hydrogens is 322 g/mol. The van der Waals surface area contributed by atoms with Crippen molar-refractivity contribution in [3.63, 3.8) is 0 Å². The van der Waals surface area contributed by atoms with Gasteiger partial charge in [-0.25, -0.2) is 4.79 Å². The maximum absolute atomic E-state index is 12.3. The minimum absolute atomic E-state index is 0.128. The minimum atomic E-state index is -0.574. The maximum Gasteiger partial charge on any atom is 0.315 e. The van der Waals surface area contributed by atoms with Gasteiger partial charge in [-0.3, -0.25) is 0 Å². The molecule has 0 fully saturated rings. The Morgan fingerprint density at radius 1 is 1.38 bits per heavy atom. The lowest BCUT2D eigenvalue weighted by molar-refractivity contribution is 0.142. The van der Waals surface area contributed by atoms with Gasteiger partial charge in [-0.2, -0.15) is 11.3 Å². The summed E-state index contributed by atoms with van der Waals surface area (Å²) >= 11 is 1.65.